The highest BCUT2D eigenvalue weighted by atomic mass is 19.4. The summed E-state index contributed by atoms with van der Waals surface area (Å²) in [5.41, 5.74) is -1.61. The Hall–Kier alpha value is -2.97. The zero-order valence-corrected chi connectivity index (χ0v) is 12.5. The van der Waals surface area contributed by atoms with Crippen molar-refractivity contribution in [2.45, 2.75) is 6.18 Å². The molecule has 0 aliphatic carbocycles. The smallest absolute Gasteiger partial charge is 0.416 e. The fraction of sp³-hybridized carbons (Fsp3) is 0.0588. The van der Waals surface area contributed by atoms with Gasteiger partial charge in [-0.25, -0.2) is 17.6 Å². The maximum absolute atomic E-state index is 14.1. The lowest BCUT2D eigenvalue weighted by Gasteiger charge is -2.13. The van der Waals surface area contributed by atoms with E-state index in [2.05, 4.69) is 4.74 Å². The largest absolute Gasteiger partial charge is 0.464 e. The Balaban J connectivity index is 2.00. The highest BCUT2D eigenvalue weighted by Gasteiger charge is 2.33. The topological polar surface area (TPSA) is 22.4 Å². The number of hydrogen-bond donors (Lipinski definition) is 0. The van der Waals surface area contributed by atoms with Crippen molar-refractivity contribution in [2.75, 3.05) is 0 Å². The van der Waals surface area contributed by atoms with Crippen molar-refractivity contribution in [3.63, 3.8) is 0 Å². The van der Waals surface area contributed by atoms with Crippen LogP contribution in [-0.4, -0.2) is 0 Å². The lowest BCUT2D eigenvalue weighted by atomic mass is 10.1. The van der Waals surface area contributed by atoms with Gasteiger partial charge in [0.2, 0.25) is 0 Å². The fourth-order valence-electron chi connectivity index (χ4n) is 2.17. The van der Waals surface area contributed by atoms with Crippen LogP contribution in [0.4, 0.5) is 30.7 Å². The molecule has 136 valence electrons. The standard InChI is InChI=1S/C17H7F7O2/c18-10-4-8(14-2-1-3-25-14)5-11(19)15(10)26-16-12(20)6-9(7-13(16)21)17(22,23)24/h1-7H. The molecule has 2 aromatic carbocycles. The lowest BCUT2D eigenvalue weighted by molar-refractivity contribution is -0.138. The molecular weight excluding hydrogens is 369 g/mol. The zero-order valence-electron chi connectivity index (χ0n) is 12.5. The van der Waals surface area contributed by atoms with Gasteiger partial charge in [-0.05, 0) is 36.4 Å². The van der Waals surface area contributed by atoms with Crippen molar-refractivity contribution in [3.05, 3.63) is 71.5 Å². The highest BCUT2D eigenvalue weighted by Crippen LogP contribution is 2.37. The van der Waals surface area contributed by atoms with Crippen LogP contribution in [0.25, 0.3) is 11.3 Å². The van der Waals surface area contributed by atoms with Gasteiger partial charge in [-0.15, -0.1) is 0 Å². The predicted molar refractivity (Wildman–Crippen MR) is 75.5 cm³/mol. The van der Waals surface area contributed by atoms with Gasteiger partial charge in [0.25, 0.3) is 0 Å². The van der Waals surface area contributed by atoms with E-state index >= 15 is 0 Å². The number of hydrogen-bond acceptors (Lipinski definition) is 2. The van der Waals surface area contributed by atoms with Gasteiger partial charge in [0.15, 0.2) is 34.8 Å². The summed E-state index contributed by atoms with van der Waals surface area (Å²) in [6.07, 6.45) is -3.73. The summed E-state index contributed by atoms with van der Waals surface area (Å²) in [6, 6.07) is 4.40. The van der Waals surface area contributed by atoms with Crippen LogP contribution >= 0.6 is 0 Å². The van der Waals surface area contributed by atoms with Crippen LogP contribution in [0, 0.1) is 23.3 Å². The lowest BCUT2D eigenvalue weighted by Crippen LogP contribution is -2.07. The highest BCUT2D eigenvalue weighted by molar-refractivity contribution is 5.59. The van der Waals surface area contributed by atoms with Gasteiger partial charge < -0.3 is 9.15 Å². The molecule has 0 amide bonds. The summed E-state index contributed by atoms with van der Waals surface area (Å²) in [4.78, 5) is 0. The molecule has 1 aromatic heterocycles. The molecule has 2 nitrogen and oxygen atoms in total. The van der Waals surface area contributed by atoms with Gasteiger partial charge >= 0.3 is 6.18 Å². The quantitative estimate of drug-likeness (QED) is 0.500. The van der Waals surface area contributed by atoms with Crippen LogP contribution in [0.15, 0.2) is 47.1 Å². The van der Waals surface area contributed by atoms with E-state index in [0.717, 1.165) is 12.1 Å². The summed E-state index contributed by atoms with van der Waals surface area (Å²) < 4.78 is 103. The second-order valence-electron chi connectivity index (χ2n) is 5.12. The van der Waals surface area contributed by atoms with E-state index in [1.807, 2.05) is 0 Å². The minimum Gasteiger partial charge on any atom is -0.464 e. The van der Waals surface area contributed by atoms with Crippen molar-refractivity contribution < 1.29 is 39.9 Å². The summed E-state index contributed by atoms with van der Waals surface area (Å²) in [6.45, 7) is 0. The molecular formula is C17H7F7O2. The SMILES string of the molecule is Fc1cc(-c2ccco2)cc(F)c1Oc1c(F)cc(C(F)(F)F)cc1F. The Morgan fingerprint density at radius 2 is 1.27 bits per heavy atom. The number of benzene rings is 2. The molecule has 3 aromatic rings. The molecule has 26 heavy (non-hydrogen) atoms. The molecule has 0 spiro atoms. The molecule has 3 rings (SSSR count). The van der Waals surface area contributed by atoms with E-state index in [1.165, 1.54) is 18.4 Å². The average Bonchev–Trinajstić information content (AvgIpc) is 3.06. The third-order valence-electron chi connectivity index (χ3n) is 3.33. The Bertz CT molecular complexity index is 900. The van der Waals surface area contributed by atoms with Gasteiger partial charge in [0.1, 0.15) is 5.76 Å². The molecule has 0 fully saturated rings. The Kier molecular flexibility index (Phi) is 4.39. The average molecular weight is 376 g/mol. The van der Waals surface area contributed by atoms with Crippen LogP contribution in [0.5, 0.6) is 11.5 Å². The minimum absolute atomic E-state index is 0.00860. The predicted octanol–water partition coefficient (Wildman–Crippen LogP) is 6.31. The molecule has 9 heteroatoms. The molecule has 0 saturated carbocycles. The normalized spacial score (nSPS) is 11.7. The Morgan fingerprint density at radius 1 is 0.769 bits per heavy atom. The fourth-order valence-corrected chi connectivity index (χ4v) is 2.17. The summed E-state index contributed by atoms with van der Waals surface area (Å²) in [5.74, 6) is -8.57. The van der Waals surface area contributed by atoms with Crippen molar-refractivity contribution in [1.29, 1.82) is 0 Å². The van der Waals surface area contributed by atoms with Gasteiger partial charge in [-0.1, -0.05) is 0 Å². The third kappa shape index (κ3) is 3.37. The van der Waals surface area contributed by atoms with Crippen LogP contribution in [0.1, 0.15) is 5.56 Å². The van der Waals surface area contributed by atoms with E-state index in [1.54, 1.807) is 0 Å². The summed E-state index contributed by atoms with van der Waals surface area (Å²) in [7, 11) is 0. The first kappa shape index (κ1) is 17.8. The zero-order chi connectivity index (χ0) is 19.1. The molecule has 0 aliphatic rings. The van der Waals surface area contributed by atoms with Crippen molar-refractivity contribution in [1.82, 2.24) is 0 Å². The monoisotopic (exact) mass is 376 g/mol. The van der Waals surface area contributed by atoms with E-state index in [4.69, 9.17) is 4.42 Å². The van der Waals surface area contributed by atoms with Gasteiger partial charge in [-0.3, -0.25) is 0 Å². The van der Waals surface area contributed by atoms with Crippen LogP contribution in [0.3, 0.4) is 0 Å². The van der Waals surface area contributed by atoms with E-state index < -0.39 is 46.5 Å². The van der Waals surface area contributed by atoms with Crippen molar-refractivity contribution in [3.8, 4) is 22.8 Å². The first-order valence-electron chi connectivity index (χ1n) is 6.94. The van der Waals surface area contributed by atoms with Crippen LogP contribution in [0.2, 0.25) is 0 Å². The summed E-state index contributed by atoms with van der Waals surface area (Å²) >= 11 is 0. The number of furan rings is 1. The van der Waals surface area contributed by atoms with E-state index in [0.29, 0.717) is 0 Å². The number of alkyl halides is 3. The third-order valence-corrected chi connectivity index (χ3v) is 3.33. The molecule has 0 radical (unpaired) electrons. The first-order chi connectivity index (χ1) is 12.2. The van der Waals surface area contributed by atoms with Crippen LogP contribution < -0.4 is 4.74 Å². The second kappa shape index (κ2) is 6.40. The van der Waals surface area contributed by atoms with Gasteiger partial charge in [0.05, 0.1) is 11.8 Å². The second-order valence-corrected chi connectivity index (χ2v) is 5.12. The number of halogens is 7. The molecule has 0 bridgehead atoms. The molecule has 1 heterocycles. The maximum atomic E-state index is 14.1. The molecule has 0 unspecified atom stereocenters. The first-order valence-corrected chi connectivity index (χ1v) is 6.94. The maximum Gasteiger partial charge on any atom is 0.416 e. The summed E-state index contributed by atoms with van der Waals surface area (Å²) in [5, 5.41) is 0. The minimum atomic E-state index is -5.00. The van der Waals surface area contributed by atoms with E-state index in [9.17, 15) is 30.7 Å². The van der Waals surface area contributed by atoms with Gasteiger partial charge in [-0.2, -0.15) is 13.2 Å². The van der Waals surface area contributed by atoms with Crippen LogP contribution in [-0.2, 0) is 6.18 Å². The number of ether oxygens (including phenoxy) is 1. The number of rotatable bonds is 3. The van der Waals surface area contributed by atoms with E-state index in [-0.39, 0.29) is 23.5 Å². The molecule has 0 aliphatic heterocycles. The molecule has 0 saturated heterocycles. The Labute approximate surface area is 141 Å². The molecule has 0 atom stereocenters. The Morgan fingerprint density at radius 3 is 1.69 bits per heavy atom. The van der Waals surface area contributed by atoms with Crippen molar-refractivity contribution >= 4 is 0 Å². The van der Waals surface area contributed by atoms with Gasteiger partial charge in [0, 0.05) is 5.56 Å². The van der Waals surface area contributed by atoms with Crippen molar-refractivity contribution in [2.24, 2.45) is 0 Å². The molecule has 0 N–H and O–H groups in total.